The van der Waals surface area contributed by atoms with Gasteiger partial charge in [0.1, 0.15) is 0 Å². The first-order valence-corrected chi connectivity index (χ1v) is 3.26. The monoisotopic (exact) mass is 170 g/mol. The van der Waals surface area contributed by atoms with E-state index in [0.717, 1.165) is 12.2 Å². The van der Waals surface area contributed by atoms with E-state index in [1.165, 1.54) is 0 Å². The van der Waals surface area contributed by atoms with Gasteiger partial charge in [-0.05, 0) is 25.0 Å². The van der Waals surface area contributed by atoms with E-state index >= 15 is 0 Å². The highest BCUT2D eigenvalue weighted by Gasteiger charge is 1.98. The van der Waals surface area contributed by atoms with Gasteiger partial charge < -0.3 is 10.2 Å². The molecule has 0 rings (SSSR count). The van der Waals surface area contributed by atoms with Crippen LogP contribution < -0.4 is 0 Å². The molecule has 0 atom stereocenters. The van der Waals surface area contributed by atoms with Gasteiger partial charge in [-0.2, -0.15) is 0 Å². The standard InChI is InChI=1S/C8H10O4/c1-5(3-7(9)10)6(2)4-8(11)12/h3-4H,1-2H3,(H,9,10)(H,11,12)/b5-3+,6-4+. The molecule has 0 saturated carbocycles. The fraction of sp³-hybridized carbons (Fsp3) is 0.250. The highest BCUT2D eigenvalue weighted by atomic mass is 16.4. The van der Waals surface area contributed by atoms with Crippen LogP contribution in [0.2, 0.25) is 0 Å². The maximum Gasteiger partial charge on any atom is 0.328 e. The van der Waals surface area contributed by atoms with Crippen molar-refractivity contribution in [3.05, 3.63) is 23.3 Å². The van der Waals surface area contributed by atoms with E-state index in [-0.39, 0.29) is 0 Å². The molecule has 0 saturated heterocycles. The summed E-state index contributed by atoms with van der Waals surface area (Å²) in [7, 11) is 0. The summed E-state index contributed by atoms with van der Waals surface area (Å²) in [5.41, 5.74) is 0.870. The van der Waals surface area contributed by atoms with Crippen LogP contribution in [0.25, 0.3) is 0 Å². The van der Waals surface area contributed by atoms with Gasteiger partial charge >= 0.3 is 11.9 Å². The Bertz CT molecular complexity index is 232. The van der Waals surface area contributed by atoms with Crippen LogP contribution in [0.3, 0.4) is 0 Å². The van der Waals surface area contributed by atoms with Crippen LogP contribution in [-0.2, 0) is 9.59 Å². The fourth-order valence-electron chi connectivity index (χ4n) is 0.598. The summed E-state index contributed by atoms with van der Waals surface area (Å²) in [4.78, 5) is 20.3. The lowest BCUT2D eigenvalue weighted by Crippen LogP contribution is -1.94. The quantitative estimate of drug-likeness (QED) is 0.490. The third kappa shape index (κ3) is 4.27. The molecule has 0 unspecified atom stereocenters. The molecule has 0 aromatic carbocycles. The number of hydrogen-bond acceptors (Lipinski definition) is 2. The first-order chi connectivity index (χ1) is 5.43. The number of aliphatic carboxylic acids is 2. The van der Waals surface area contributed by atoms with E-state index in [1.54, 1.807) is 13.8 Å². The van der Waals surface area contributed by atoms with Crippen molar-refractivity contribution in [3.8, 4) is 0 Å². The van der Waals surface area contributed by atoms with Crippen molar-refractivity contribution in [1.29, 1.82) is 0 Å². The number of carbonyl (C=O) groups is 2. The number of rotatable bonds is 3. The molecule has 0 radical (unpaired) electrons. The van der Waals surface area contributed by atoms with Crippen molar-refractivity contribution in [2.45, 2.75) is 13.8 Å². The van der Waals surface area contributed by atoms with Gasteiger partial charge in [-0.1, -0.05) is 0 Å². The van der Waals surface area contributed by atoms with Crippen LogP contribution in [0.4, 0.5) is 0 Å². The van der Waals surface area contributed by atoms with Crippen molar-refractivity contribution >= 4 is 11.9 Å². The Kier molecular flexibility index (Phi) is 3.76. The summed E-state index contributed by atoms with van der Waals surface area (Å²) in [5.74, 6) is -2.16. The minimum Gasteiger partial charge on any atom is -0.478 e. The molecule has 4 nitrogen and oxygen atoms in total. The van der Waals surface area contributed by atoms with Crippen molar-refractivity contribution in [3.63, 3.8) is 0 Å². The topological polar surface area (TPSA) is 74.6 Å². The van der Waals surface area contributed by atoms with Crippen LogP contribution in [-0.4, -0.2) is 22.2 Å². The molecular weight excluding hydrogens is 160 g/mol. The molecule has 2 N–H and O–H groups in total. The number of carboxylic acid groups (broad SMARTS) is 2. The summed E-state index contributed by atoms with van der Waals surface area (Å²) in [6.07, 6.45) is 1.93. The molecule has 0 heterocycles. The molecule has 0 aromatic rings. The van der Waals surface area contributed by atoms with E-state index in [2.05, 4.69) is 0 Å². The van der Waals surface area contributed by atoms with E-state index < -0.39 is 11.9 Å². The molecule has 0 amide bonds. The van der Waals surface area contributed by atoms with Gasteiger partial charge in [-0.25, -0.2) is 9.59 Å². The molecule has 0 spiro atoms. The van der Waals surface area contributed by atoms with Crippen molar-refractivity contribution < 1.29 is 19.8 Å². The van der Waals surface area contributed by atoms with Gasteiger partial charge in [-0.3, -0.25) is 0 Å². The Morgan fingerprint density at radius 2 is 1.17 bits per heavy atom. The van der Waals surface area contributed by atoms with E-state index in [9.17, 15) is 9.59 Å². The maximum atomic E-state index is 10.1. The number of allylic oxidation sites excluding steroid dienone is 2. The van der Waals surface area contributed by atoms with Crippen molar-refractivity contribution in [2.75, 3.05) is 0 Å². The van der Waals surface area contributed by atoms with Gasteiger partial charge in [0.15, 0.2) is 0 Å². The molecule has 0 aliphatic carbocycles. The van der Waals surface area contributed by atoms with Gasteiger partial charge in [0.2, 0.25) is 0 Å². The molecule has 0 aromatic heterocycles. The largest absolute Gasteiger partial charge is 0.478 e. The summed E-state index contributed by atoms with van der Waals surface area (Å²) >= 11 is 0. The third-order valence-electron chi connectivity index (χ3n) is 1.30. The molecule has 4 heteroatoms. The minimum absolute atomic E-state index is 0.435. The zero-order valence-corrected chi connectivity index (χ0v) is 6.87. The lowest BCUT2D eigenvalue weighted by atomic mass is 10.1. The normalized spacial score (nSPS) is 12.8. The average Bonchev–Trinajstić information content (AvgIpc) is 1.84. The molecule has 0 aliphatic rings. The summed E-state index contributed by atoms with van der Waals surface area (Å²) < 4.78 is 0. The Hall–Kier alpha value is -1.58. The Morgan fingerprint density at radius 1 is 0.917 bits per heavy atom. The highest BCUT2D eigenvalue weighted by molar-refractivity contribution is 5.84. The van der Waals surface area contributed by atoms with Gasteiger partial charge in [-0.15, -0.1) is 0 Å². The predicted molar refractivity (Wildman–Crippen MR) is 42.8 cm³/mol. The van der Waals surface area contributed by atoms with Crippen LogP contribution in [0, 0.1) is 0 Å². The molecule has 0 aliphatic heterocycles. The van der Waals surface area contributed by atoms with Gasteiger partial charge in [0.05, 0.1) is 0 Å². The molecule has 0 bridgehead atoms. The Labute approximate surface area is 69.8 Å². The second-order valence-corrected chi connectivity index (χ2v) is 2.33. The molecule has 0 fully saturated rings. The predicted octanol–water partition coefficient (Wildman–Crippen LogP) is 1.05. The number of carboxylic acids is 2. The van der Waals surface area contributed by atoms with Crippen molar-refractivity contribution in [1.82, 2.24) is 0 Å². The minimum atomic E-state index is -1.08. The molecular formula is C8H10O4. The Morgan fingerprint density at radius 3 is 1.33 bits per heavy atom. The molecule has 12 heavy (non-hydrogen) atoms. The van der Waals surface area contributed by atoms with E-state index in [1.807, 2.05) is 0 Å². The highest BCUT2D eigenvalue weighted by Crippen LogP contribution is 2.06. The first-order valence-electron chi connectivity index (χ1n) is 3.26. The fourth-order valence-corrected chi connectivity index (χ4v) is 0.598. The lowest BCUT2D eigenvalue weighted by molar-refractivity contribution is -0.132. The Balaban J connectivity index is 4.59. The second kappa shape index (κ2) is 4.33. The van der Waals surface area contributed by atoms with Crippen LogP contribution >= 0.6 is 0 Å². The van der Waals surface area contributed by atoms with Gasteiger partial charge in [0, 0.05) is 12.2 Å². The van der Waals surface area contributed by atoms with Crippen LogP contribution in [0.5, 0.6) is 0 Å². The first kappa shape index (κ1) is 10.4. The van der Waals surface area contributed by atoms with Gasteiger partial charge in [0.25, 0.3) is 0 Å². The zero-order valence-electron chi connectivity index (χ0n) is 6.87. The third-order valence-corrected chi connectivity index (χ3v) is 1.30. The van der Waals surface area contributed by atoms with E-state index in [0.29, 0.717) is 11.1 Å². The zero-order chi connectivity index (χ0) is 9.72. The molecule has 66 valence electrons. The van der Waals surface area contributed by atoms with E-state index in [4.69, 9.17) is 10.2 Å². The number of hydrogen-bond donors (Lipinski definition) is 2. The maximum absolute atomic E-state index is 10.1. The SMILES string of the molecule is CC(=C\C(=O)O)/C(C)=C/C(=O)O. The lowest BCUT2D eigenvalue weighted by Gasteiger charge is -1.96. The summed E-state index contributed by atoms with van der Waals surface area (Å²) in [5, 5.41) is 16.6. The second-order valence-electron chi connectivity index (χ2n) is 2.33. The summed E-state index contributed by atoms with van der Waals surface area (Å²) in [6.45, 7) is 3.09. The van der Waals surface area contributed by atoms with Crippen LogP contribution in [0.1, 0.15) is 13.8 Å². The smallest absolute Gasteiger partial charge is 0.328 e. The van der Waals surface area contributed by atoms with Crippen molar-refractivity contribution in [2.24, 2.45) is 0 Å². The summed E-state index contributed by atoms with van der Waals surface area (Å²) in [6, 6.07) is 0. The average molecular weight is 170 g/mol. The van der Waals surface area contributed by atoms with Crippen LogP contribution in [0.15, 0.2) is 23.3 Å².